The Hall–Kier alpha value is -2.35. The molecule has 0 saturated heterocycles. The van der Waals surface area contributed by atoms with Gasteiger partial charge in [-0.2, -0.15) is 5.10 Å². The number of para-hydroxylation sites is 1. The summed E-state index contributed by atoms with van der Waals surface area (Å²) >= 11 is 9.15. The molecule has 0 aliphatic rings. The summed E-state index contributed by atoms with van der Waals surface area (Å²) in [6, 6.07) is 17.5. The van der Waals surface area contributed by atoms with Gasteiger partial charge >= 0.3 is 0 Å². The van der Waals surface area contributed by atoms with Gasteiger partial charge in [0, 0.05) is 16.8 Å². The van der Waals surface area contributed by atoms with Gasteiger partial charge in [0.25, 0.3) is 0 Å². The third kappa shape index (κ3) is 4.73. The van der Waals surface area contributed by atoms with Crippen molar-refractivity contribution >= 4 is 56.6 Å². The topological polar surface area (TPSA) is 59.8 Å². The normalized spacial score (nSPS) is 11.0. The zero-order chi connectivity index (χ0) is 19.3. The summed E-state index contributed by atoms with van der Waals surface area (Å²) in [5.41, 5.74) is 2.08. The smallest absolute Gasteiger partial charge is 0.235 e. The molecule has 0 atom stereocenters. The van der Waals surface area contributed by atoms with Crippen molar-refractivity contribution in [1.82, 2.24) is 14.8 Å². The van der Waals surface area contributed by atoms with Gasteiger partial charge in [-0.05, 0) is 29.8 Å². The van der Waals surface area contributed by atoms with E-state index in [0.29, 0.717) is 23.1 Å². The van der Waals surface area contributed by atoms with E-state index in [1.54, 1.807) is 40.0 Å². The number of rotatable bonds is 7. The molecule has 4 rings (SSSR count). The second-order valence-electron chi connectivity index (χ2n) is 6.12. The van der Waals surface area contributed by atoms with E-state index in [9.17, 15) is 4.79 Å². The van der Waals surface area contributed by atoms with Crippen molar-refractivity contribution in [2.45, 2.75) is 12.3 Å². The molecule has 8 heteroatoms. The first-order chi connectivity index (χ1) is 13.7. The minimum Gasteiger partial charge on any atom is -0.310 e. The van der Waals surface area contributed by atoms with Crippen molar-refractivity contribution in [2.75, 3.05) is 11.1 Å². The molecule has 1 N–H and O–H groups in total. The number of hydrogen-bond acceptors (Lipinski definition) is 5. The summed E-state index contributed by atoms with van der Waals surface area (Å²) < 4.78 is 2.94. The molecule has 0 aliphatic carbocycles. The number of hydrogen-bond donors (Lipinski definition) is 1. The Morgan fingerprint density at radius 1 is 1.14 bits per heavy atom. The Labute approximate surface area is 175 Å². The van der Waals surface area contributed by atoms with Gasteiger partial charge in [-0.3, -0.25) is 4.79 Å². The molecule has 1 amide bonds. The first kappa shape index (κ1) is 19.0. The average molecular weight is 429 g/mol. The molecule has 142 valence electrons. The number of benzene rings is 2. The predicted octanol–water partition coefficient (Wildman–Crippen LogP) is 5.07. The van der Waals surface area contributed by atoms with Crippen molar-refractivity contribution in [3.63, 3.8) is 0 Å². The van der Waals surface area contributed by atoms with Crippen molar-refractivity contribution in [2.24, 2.45) is 0 Å². The molecule has 0 radical (unpaired) electrons. The van der Waals surface area contributed by atoms with Crippen LogP contribution in [0, 0.1) is 0 Å². The number of amides is 1. The first-order valence-corrected chi connectivity index (χ1v) is 11.0. The molecule has 2 aromatic heterocycles. The lowest BCUT2D eigenvalue weighted by Gasteiger charge is -2.09. The second kappa shape index (κ2) is 8.77. The van der Waals surface area contributed by atoms with Crippen LogP contribution in [0.3, 0.4) is 0 Å². The van der Waals surface area contributed by atoms with Crippen LogP contribution in [-0.2, 0) is 17.1 Å². The zero-order valence-electron chi connectivity index (χ0n) is 14.8. The molecule has 0 spiro atoms. The summed E-state index contributed by atoms with van der Waals surface area (Å²) in [6.45, 7) is 0.568. The van der Waals surface area contributed by atoms with Crippen molar-refractivity contribution in [1.29, 1.82) is 0 Å². The third-order valence-electron chi connectivity index (χ3n) is 4.03. The van der Waals surface area contributed by atoms with Crippen LogP contribution in [0.4, 0.5) is 5.82 Å². The fourth-order valence-corrected chi connectivity index (χ4v) is 4.69. The second-order valence-corrected chi connectivity index (χ2v) is 8.65. The number of nitrogens with one attached hydrogen (secondary N) is 1. The molecule has 0 fully saturated rings. The highest BCUT2D eigenvalue weighted by Crippen LogP contribution is 2.24. The molecule has 4 aromatic rings. The number of carbonyl (C=O) groups is 1. The molecule has 5 nitrogen and oxygen atoms in total. The van der Waals surface area contributed by atoms with E-state index in [-0.39, 0.29) is 5.91 Å². The summed E-state index contributed by atoms with van der Waals surface area (Å²) in [4.78, 5) is 16.9. The van der Waals surface area contributed by atoms with Crippen LogP contribution in [0.1, 0.15) is 10.6 Å². The minimum atomic E-state index is -0.0519. The van der Waals surface area contributed by atoms with Gasteiger partial charge in [-0.25, -0.2) is 9.67 Å². The molecule has 2 heterocycles. The highest BCUT2D eigenvalue weighted by molar-refractivity contribution is 7.99. The van der Waals surface area contributed by atoms with Crippen molar-refractivity contribution in [3.05, 3.63) is 76.4 Å². The summed E-state index contributed by atoms with van der Waals surface area (Å²) in [5, 5.41) is 8.96. The van der Waals surface area contributed by atoms with Crippen molar-refractivity contribution in [3.8, 4) is 0 Å². The molecule has 28 heavy (non-hydrogen) atoms. The SMILES string of the molecule is O=C(CSCc1nc2ccccc2s1)Nc1ccnn1Cc1ccc(Cl)cc1. The highest BCUT2D eigenvalue weighted by atomic mass is 35.5. The molecule has 0 saturated carbocycles. The number of nitrogens with zero attached hydrogens (tertiary/aromatic N) is 3. The van der Waals surface area contributed by atoms with Gasteiger partial charge in [-0.1, -0.05) is 35.9 Å². The first-order valence-electron chi connectivity index (χ1n) is 8.66. The fourth-order valence-electron chi connectivity index (χ4n) is 2.72. The van der Waals surface area contributed by atoms with E-state index in [2.05, 4.69) is 21.5 Å². The molecule has 0 bridgehead atoms. The third-order valence-corrected chi connectivity index (χ3v) is 6.44. The van der Waals surface area contributed by atoms with Gasteiger partial charge in [-0.15, -0.1) is 23.1 Å². The Bertz CT molecular complexity index is 1060. The number of aromatic nitrogens is 3. The van der Waals surface area contributed by atoms with Gasteiger partial charge in [0.2, 0.25) is 5.91 Å². The zero-order valence-corrected chi connectivity index (χ0v) is 17.2. The maximum atomic E-state index is 12.3. The Morgan fingerprint density at radius 3 is 2.79 bits per heavy atom. The molecular weight excluding hydrogens is 412 g/mol. The summed E-state index contributed by atoms with van der Waals surface area (Å²) in [5.74, 6) is 1.71. The van der Waals surface area contributed by atoms with Gasteiger partial charge in [0.1, 0.15) is 10.8 Å². The lowest BCUT2D eigenvalue weighted by Crippen LogP contribution is -2.18. The van der Waals surface area contributed by atoms with E-state index < -0.39 is 0 Å². The number of anilines is 1. The largest absolute Gasteiger partial charge is 0.310 e. The van der Waals surface area contributed by atoms with E-state index in [1.807, 2.05) is 42.5 Å². The van der Waals surface area contributed by atoms with E-state index in [4.69, 9.17) is 11.6 Å². The van der Waals surface area contributed by atoms with E-state index in [1.165, 1.54) is 4.70 Å². The standard InChI is InChI=1S/C20H17ClN4OS2/c21-15-7-5-14(6-8-15)11-25-18(9-10-22-25)24-19(26)12-27-13-20-23-16-3-1-2-4-17(16)28-20/h1-10H,11-13H2,(H,24,26). The van der Waals surface area contributed by atoms with E-state index in [0.717, 1.165) is 21.8 Å². The molecular formula is C20H17ClN4OS2. The lowest BCUT2D eigenvalue weighted by molar-refractivity contribution is -0.113. The van der Waals surface area contributed by atoms with Crippen LogP contribution < -0.4 is 5.32 Å². The number of fused-ring (bicyclic) bond motifs is 1. The number of carbonyl (C=O) groups excluding carboxylic acids is 1. The molecule has 2 aromatic carbocycles. The van der Waals surface area contributed by atoms with Gasteiger partial charge in [0.15, 0.2) is 0 Å². The molecule has 0 aliphatic heterocycles. The minimum absolute atomic E-state index is 0.0519. The van der Waals surface area contributed by atoms with Crippen LogP contribution >= 0.6 is 34.7 Å². The quantitative estimate of drug-likeness (QED) is 0.446. The Morgan fingerprint density at radius 2 is 1.96 bits per heavy atom. The van der Waals surface area contributed by atoms with E-state index >= 15 is 0 Å². The van der Waals surface area contributed by atoms with Crippen LogP contribution in [0.25, 0.3) is 10.2 Å². The lowest BCUT2D eigenvalue weighted by atomic mass is 10.2. The highest BCUT2D eigenvalue weighted by Gasteiger charge is 2.09. The number of thiazole rings is 1. The van der Waals surface area contributed by atoms with Crippen LogP contribution in [0.2, 0.25) is 5.02 Å². The monoisotopic (exact) mass is 428 g/mol. The predicted molar refractivity (Wildman–Crippen MR) is 117 cm³/mol. The van der Waals surface area contributed by atoms with Gasteiger partial charge in [0.05, 0.1) is 28.7 Å². The maximum Gasteiger partial charge on any atom is 0.235 e. The summed E-state index contributed by atoms with van der Waals surface area (Å²) in [7, 11) is 0. The van der Waals surface area contributed by atoms with Crippen LogP contribution in [0.5, 0.6) is 0 Å². The average Bonchev–Trinajstić information content (AvgIpc) is 3.30. The summed E-state index contributed by atoms with van der Waals surface area (Å²) in [6.07, 6.45) is 1.68. The number of thioether (sulfide) groups is 1. The Kier molecular flexibility index (Phi) is 5.95. The van der Waals surface area contributed by atoms with Crippen molar-refractivity contribution < 1.29 is 4.79 Å². The maximum absolute atomic E-state index is 12.3. The Balaban J connectivity index is 1.30. The number of halogens is 1. The fraction of sp³-hybridized carbons (Fsp3) is 0.150. The van der Waals surface area contributed by atoms with Crippen LogP contribution in [0.15, 0.2) is 60.8 Å². The van der Waals surface area contributed by atoms with Gasteiger partial charge < -0.3 is 5.32 Å². The molecule has 0 unspecified atom stereocenters. The van der Waals surface area contributed by atoms with Crippen LogP contribution in [-0.4, -0.2) is 26.4 Å².